The van der Waals surface area contributed by atoms with Crippen LogP contribution >= 0.6 is 0 Å². The lowest BCUT2D eigenvalue weighted by molar-refractivity contribution is 0.622. The van der Waals surface area contributed by atoms with E-state index in [1.165, 1.54) is 16.7 Å². The number of hydrogen-bond donors (Lipinski definition) is 1. The van der Waals surface area contributed by atoms with Gasteiger partial charge in [0, 0.05) is 12.0 Å². The second kappa shape index (κ2) is 7.78. The third-order valence-corrected chi connectivity index (χ3v) is 3.06. The van der Waals surface area contributed by atoms with E-state index in [1.54, 1.807) is 0 Å². The molecule has 1 atom stereocenters. The molecule has 0 amide bonds. The fourth-order valence-corrected chi connectivity index (χ4v) is 1.89. The number of benzene rings is 1. The van der Waals surface area contributed by atoms with Crippen LogP contribution in [0.2, 0.25) is 0 Å². The lowest BCUT2D eigenvalue weighted by Crippen LogP contribution is -2.16. The van der Waals surface area contributed by atoms with Crippen molar-refractivity contribution in [3.63, 3.8) is 0 Å². The van der Waals surface area contributed by atoms with Crippen LogP contribution < -0.4 is 5.43 Å². The zero-order valence-electron chi connectivity index (χ0n) is 12.8. The fraction of sp³-hybridized carbons (Fsp3) is 0.471. The van der Waals surface area contributed by atoms with Crippen molar-refractivity contribution in [1.82, 2.24) is 5.43 Å². The molecule has 1 aromatic carbocycles. The first-order chi connectivity index (χ1) is 9.04. The van der Waals surface area contributed by atoms with E-state index in [0.717, 1.165) is 6.42 Å². The molecule has 0 fully saturated rings. The average molecular weight is 258 g/mol. The molecular weight excluding hydrogens is 232 g/mol. The molecule has 0 heterocycles. The van der Waals surface area contributed by atoms with Crippen molar-refractivity contribution in [2.45, 2.75) is 53.0 Å². The topological polar surface area (TPSA) is 24.4 Å². The number of rotatable bonds is 6. The van der Waals surface area contributed by atoms with Crippen LogP contribution in [0, 0.1) is 6.92 Å². The zero-order chi connectivity index (χ0) is 14.3. The van der Waals surface area contributed by atoms with Crippen LogP contribution in [-0.2, 0) is 0 Å². The Hall–Kier alpha value is -1.57. The molecule has 0 bridgehead atoms. The van der Waals surface area contributed by atoms with Crippen molar-refractivity contribution >= 4 is 6.21 Å². The third kappa shape index (κ3) is 5.29. The van der Waals surface area contributed by atoms with Crippen LogP contribution in [0.5, 0.6) is 0 Å². The van der Waals surface area contributed by atoms with E-state index in [0.29, 0.717) is 12.0 Å². The SMILES string of the molecule is CC/C=C(/C=N\NC(C)C)C(C)c1ccc(C)cc1. The second-order valence-electron chi connectivity index (χ2n) is 5.29. The van der Waals surface area contributed by atoms with Crippen molar-refractivity contribution < 1.29 is 0 Å². The van der Waals surface area contributed by atoms with Gasteiger partial charge in [-0.25, -0.2) is 0 Å². The molecule has 0 aliphatic heterocycles. The Morgan fingerprint density at radius 3 is 2.37 bits per heavy atom. The van der Waals surface area contributed by atoms with Crippen LogP contribution in [0.3, 0.4) is 0 Å². The smallest absolute Gasteiger partial charge is 0.0503 e. The number of hydrogen-bond acceptors (Lipinski definition) is 2. The van der Waals surface area contributed by atoms with Crippen molar-refractivity contribution in [2.75, 3.05) is 0 Å². The van der Waals surface area contributed by atoms with Gasteiger partial charge in [0.2, 0.25) is 0 Å². The molecule has 1 rings (SSSR count). The van der Waals surface area contributed by atoms with Gasteiger partial charge < -0.3 is 5.43 Å². The van der Waals surface area contributed by atoms with Crippen molar-refractivity contribution in [1.29, 1.82) is 0 Å². The third-order valence-electron chi connectivity index (χ3n) is 3.06. The van der Waals surface area contributed by atoms with E-state index in [-0.39, 0.29) is 0 Å². The highest BCUT2D eigenvalue weighted by Crippen LogP contribution is 2.23. The predicted molar refractivity (Wildman–Crippen MR) is 84.7 cm³/mol. The lowest BCUT2D eigenvalue weighted by Gasteiger charge is -2.14. The Morgan fingerprint density at radius 1 is 1.21 bits per heavy atom. The minimum atomic E-state index is 0.369. The van der Waals surface area contributed by atoms with Gasteiger partial charge in [-0.3, -0.25) is 0 Å². The van der Waals surface area contributed by atoms with Gasteiger partial charge in [-0.2, -0.15) is 5.10 Å². The summed E-state index contributed by atoms with van der Waals surface area (Å²) >= 11 is 0. The first-order valence-corrected chi connectivity index (χ1v) is 7.09. The van der Waals surface area contributed by atoms with Crippen LogP contribution in [0.1, 0.15) is 51.2 Å². The standard InChI is InChI=1S/C17H26N2/c1-6-7-17(12-18-19-13(2)3)15(5)16-10-8-14(4)9-11-16/h7-13,15,19H,6H2,1-5H3/b17-7-,18-12-. The van der Waals surface area contributed by atoms with Crippen molar-refractivity contribution in [3.8, 4) is 0 Å². The summed E-state index contributed by atoms with van der Waals surface area (Å²) in [7, 11) is 0. The highest BCUT2D eigenvalue weighted by molar-refractivity contribution is 5.80. The Morgan fingerprint density at radius 2 is 1.84 bits per heavy atom. The number of hydrazone groups is 1. The molecule has 0 saturated carbocycles. The largest absolute Gasteiger partial charge is 0.308 e. The number of allylic oxidation sites excluding steroid dienone is 2. The van der Waals surface area contributed by atoms with E-state index in [9.17, 15) is 0 Å². The molecule has 0 saturated heterocycles. The molecule has 1 N–H and O–H groups in total. The van der Waals surface area contributed by atoms with Gasteiger partial charge in [-0.15, -0.1) is 0 Å². The van der Waals surface area contributed by atoms with E-state index < -0.39 is 0 Å². The molecule has 2 heteroatoms. The molecule has 0 spiro atoms. The van der Waals surface area contributed by atoms with Gasteiger partial charge in [0.1, 0.15) is 0 Å². The van der Waals surface area contributed by atoms with Gasteiger partial charge in [-0.05, 0) is 38.3 Å². The zero-order valence-corrected chi connectivity index (χ0v) is 12.8. The fourth-order valence-electron chi connectivity index (χ4n) is 1.89. The highest BCUT2D eigenvalue weighted by Gasteiger charge is 2.09. The van der Waals surface area contributed by atoms with Crippen LogP contribution in [0.4, 0.5) is 0 Å². The average Bonchev–Trinajstić information content (AvgIpc) is 2.37. The molecule has 0 radical (unpaired) electrons. The predicted octanol–water partition coefficient (Wildman–Crippen LogP) is 4.42. The van der Waals surface area contributed by atoms with Gasteiger partial charge >= 0.3 is 0 Å². The number of nitrogens with one attached hydrogen (secondary N) is 1. The Balaban J connectivity index is 2.84. The van der Waals surface area contributed by atoms with Gasteiger partial charge in [-0.1, -0.05) is 49.8 Å². The second-order valence-corrected chi connectivity index (χ2v) is 5.29. The Bertz CT molecular complexity index is 427. The van der Waals surface area contributed by atoms with Gasteiger partial charge in [0.15, 0.2) is 0 Å². The van der Waals surface area contributed by atoms with E-state index in [1.807, 2.05) is 6.21 Å². The molecule has 2 nitrogen and oxygen atoms in total. The van der Waals surface area contributed by atoms with Gasteiger partial charge in [0.05, 0.1) is 6.21 Å². The van der Waals surface area contributed by atoms with Crippen LogP contribution in [-0.4, -0.2) is 12.3 Å². The first kappa shape index (κ1) is 15.5. The molecule has 0 aliphatic rings. The van der Waals surface area contributed by atoms with Gasteiger partial charge in [0.25, 0.3) is 0 Å². The molecule has 19 heavy (non-hydrogen) atoms. The van der Waals surface area contributed by atoms with Crippen molar-refractivity contribution in [2.24, 2.45) is 5.10 Å². The normalized spacial score (nSPS) is 14.1. The van der Waals surface area contributed by atoms with Crippen LogP contribution in [0.25, 0.3) is 0 Å². The van der Waals surface area contributed by atoms with Crippen LogP contribution in [0.15, 0.2) is 41.0 Å². The summed E-state index contributed by atoms with van der Waals surface area (Å²) < 4.78 is 0. The summed E-state index contributed by atoms with van der Waals surface area (Å²) in [6.07, 6.45) is 5.23. The number of aryl methyl sites for hydroxylation is 1. The van der Waals surface area contributed by atoms with E-state index in [2.05, 4.69) is 75.5 Å². The summed E-state index contributed by atoms with van der Waals surface area (Å²) in [6, 6.07) is 9.10. The lowest BCUT2D eigenvalue weighted by atomic mass is 9.92. The maximum Gasteiger partial charge on any atom is 0.0503 e. The molecule has 0 aliphatic carbocycles. The molecule has 1 unspecified atom stereocenters. The highest BCUT2D eigenvalue weighted by atomic mass is 15.3. The quantitative estimate of drug-likeness (QED) is 0.593. The summed E-state index contributed by atoms with van der Waals surface area (Å²) in [5, 5.41) is 4.31. The molecule has 0 aromatic heterocycles. The van der Waals surface area contributed by atoms with E-state index >= 15 is 0 Å². The first-order valence-electron chi connectivity index (χ1n) is 7.09. The Labute approximate surface area is 117 Å². The summed E-state index contributed by atoms with van der Waals surface area (Å²) in [6.45, 7) is 10.7. The molecule has 1 aromatic rings. The maximum absolute atomic E-state index is 4.31. The maximum atomic E-state index is 4.31. The Kier molecular flexibility index (Phi) is 6.34. The van der Waals surface area contributed by atoms with Crippen molar-refractivity contribution in [3.05, 3.63) is 47.0 Å². The van der Waals surface area contributed by atoms with E-state index in [4.69, 9.17) is 0 Å². The molecule has 104 valence electrons. The minimum Gasteiger partial charge on any atom is -0.308 e. The number of nitrogens with zero attached hydrogens (tertiary/aromatic N) is 1. The summed E-state index contributed by atoms with van der Waals surface area (Å²) in [5.74, 6) is 0.373. The minimum absolute atomic E-state index is 0.369. The molecular formula is C17H26N2. The summed E-state index contributed by atoms with van der Waals surface area (Å²) in [5.41, 5.74) is 6.97. The summed E-state index contributed by atoms with van der Waals surface area (Å²) in [4.78, 5) is 0. The monoisotopic (exact) mass is 258 g/mol.